The molecule has 1 aromatic carbocycles. The van der Waals surface area contributed by atoms with Gasteiger partial charge in [-0.05, 0) is 49.4 Å². The highest BCUT2D eigenvalue weighted by Gasteiger charge is 2.24. The van der Waals surface area contributed by atoms with Gasteiger partial charge in [-0.1, -0.05) is 93.8 Å². The Morgan fingerprint density at radius 2 is 1.79 bits per heavy atom. The SMILES string of the molecule is C=CC(=C)C(CCC(=C)/C=C(\C)c1ccccc1)C(/N=C/C(C)C)C(=C)CNC. The minimum absolute atomic E-state index is 0.0117. The highest BCUT2D eigenvalue weighted by molar-refractivity contribution is 5.66. The monoisotopic (exact) mass is 390 g/mol. The molecule has 0 aromatic heterocycles. The molecule has 0 aliphatic heterocycles. The van der Waals surface area contributed by atoms with Gasteiger partial charge in [0.15, 0.2) is 0 Å². The summed E-state index contributed by atoms with van der Waals surface area (Å²) < 4.78 is 0. The Hall–Kier alpha value is -2.45. The Bertz CT molecular complexity index is 750. The molecule has 0 amide bonds. The van der Waals surface area contributed by atoms with Gasteiger partial charge in [0.1, 0.15) is 0 Å². The van der Waals surface area contributed by atoms with E-state index in [1.807, 2.05) is 25.4 Å². The maximum Gasteiger partial charge on any atom is 0.0783 e. The molecular weight excluding hydrogens is 352 g/mol. The molecule has 0 fully saturated rings. The maximum atomic E-state index is 4.88. The molecule has 29 heavy (non-hydrogen) atoms. The molecule has 0 bridgehead atoms. The van der Waals surface area contributed by atoms with Crippen molar-refractivity contribution in [3.05, 3.63) is 91.1 Å². The van der Waals surface area contributed by atoms with Crippen molar-refractivity contribution in [1.29, 1.82) is 0 Å². The lowest BCUT2D eigenvalue weighted by Crippen LogP contribution is -2.27. The zero-order valence-electron chi connectivity index (χ0n) is 18.7. The Balaban J connectivity index is 2.98. The van der Waals surface area contributed by atoms with Crippen molar-refractivity contribution in [3.63, 3.8) is 0 Å². The predicted octanol–water partition coefficient (Wildman–Crippen LogP) is 6.66. The van der Waals surface area contributed by atoms with E-state index in [0.717, 1.165) is 36.1 Å². The third kappa shape index (κ3) is 8.62. The lowest BCUT2D eigenvalue weighted by atomic mass is 9.83. The molecule has 1 N–H and O–H groups in total. The summed E-state index contributed by atoms with van der Waals surface area (Å²) in [5.41, 5.74) is 5.63. The highest BCUT2D eigenvalue weighted by atomic mass is 14.9. The Labute approximate surface area is 178 Å². The zero-order valence-corrected chi connectivity index (χ0v) is 18.7. The van der Waals surface area contributed by atoms with E-state index in [1.165, 1.54) is 11.1 Å². The minimum Gasteiger partial charge on any atom is -0.316 e. The second-order valence-electron chi connectivity index (χ2n) is 7.95. The molecule has 0 saturated carbocycles. The standard InChI is InChI=1S/C27H38N2/c1-9-22(5)26(27(24(7)19-28-8)29-18-20(2)3)16-15-21(4)17-23(6)25-13-11-10-12-14-25/h9-14,17-18,20,26-28H,1,4-5,7,15-16,19H2,2-3,6,8H3/b23-17+,29-18+. The van der Waals surface area contributed by atoms with E-state index in [-0.39, 0.29) is 12.0 Å². The van der Waals surface area contributed by atoms with Crippen LogP contribution >= 0.6 is 0 Å². The minimum atomic E-state index is -0.0117. The first kappa shape index (κ1) is 24.6. The topological polar surface area (TPSA) is 24.4 Å². The van der Waals surface area contributed by atoms with Gasteiger partial charge in [0.25, 0.3) is 0 Å². The molecule has 2 unspecified atom stereocenters. The molecule has 2 heteroatoms. The molecule has 156 valence electrons. The number of nitrogens with zero attached hydrogens (tertiary/aromatic N) is 1. The van der Waals surface area contributed by atoms with E-state index >= 15 is 0 Å². The molecular formula is C27H38N2. The summed E-state index contributed by atoms with van der Waals surface area (Å²) in [4.78, 5) is 4.88. The average molecular weight is 391 g/mol. The van der Waals surface area contributed by atoms with E-state index < -0.39 is 0 Å². The lowest BCUT2D eigenvalue weighted by molar-refractivity contribution is 0.494. The van der Waals surface area contributed by atoms with Crippen LogP contribution in [0.2, 0.25) is 0 Å². The van der Waals surface area contributed by atoms with Crippen molar-refractivity contribution >= 4 is 11.8 Å². The first-order valence-corrected chi connectivity index (χ1v) is 10.4. The number of likely N-dealkylation sites (N-methyl/N-ethyl adjacent to an activating group) is 1. The normalized spacial score (nSPS) is 14.0. The van der Waals surface area contributed by atoms with Crippen LogP contribution in [0.1, 0.15) is 39.2 Å². The number of hydrogen-bond donors (Lipinski definition) is 1. The van der Waals surface area contributed by atoms with E-state index in [1.54, 1.807) is 0 Å². The Morgan fingerprint density at radius 3 is 2.34 bits per heavy atom. The fraction of sp³-hybridized carbons (Fsp3) is 0.370. The van der Waals surface area contributed by atoms with Gasteiger partial charge in [0.05, 0.1) is 6.04 Å². The van der Waals surface area contributed by atoms with Gasteiger partial charge in [-0.3, -0.25) is 4.99 Å². The van der Waals surface area contributed by atoms with Crippen LogP contribution in [0.25, 0.3) is 5.57 Å². The third-order valence-corrected chi connectivity index (χ3v) is 4.91. The molecule has 2 nitrogen and oxygen atoms in total. The molecule has 1 rings (SSSR count). The van der Waals surface area contributed by atoms with Crippen LogP contribution in [0.3, 0.4) is 0 Å². The molecule has 0 heterocycles. The summed E-state index contributed by atoms with van der Waals surface area (Å²) in [5.74, 6) is 0.550. The number of allylic oxidation sites excluding steroid dienone is 4. The predicted molar refractivity (Wildman–Crippen MR) is 131 cm³/mol. The lowest BCUT2D eigenvalue weighted by Gasteiger charge is -2.27. The van der Waals surface area contributed by atoms with Crippen LogP contribution in [-0.4, -0.2) is 25.8 Å². The van der Waals surface area contributed by atoms with Crippen LogP contribution < -0.4 is 5.32 Å². The van der Waals surface area contributed by atoms with Gasteiger partial charge in [0, 0.05) is 18.7 Å². The Morgan fingerprint density at radius 1 is 1.14 bits per heavy atom. The second kappa shape index (κ2) is 12.9. The average Bonchev–Trinajstić information content (AvgIpc) is 2.70. The molecule has 0 aliphatic rings. The van der Waals surface area contributed by atoms with Gasteiger partial charge in [0.2, 0.25) is 0 Å². The molecule has 0 spiro atoms. The van der Waals surface area contributed by atoms with Gasteiger partial charge in [-0.15, -0.1) is 0 Å². The fourth-order valence-electron chi connectivity index (χ4n) is 3.29. The molecule has 0 aliphatic carbocycles. The van der Waals surface area contributed by atoms with Crippen LogP contribution in [0, 0.1) is 11.8 Å². The van der Waals surface area contributed by atoms with Crippen LogP contribution in [0.4, 0.5) is 0 Å². The summed E-state index contributed by atoms with van der Waals surface area (Å²) in [6, 6.07) is 10.4. The number of benzene rings is 1. The van der Waals surface area contributed by atoms with E-state index in [9.17, 15) is 0 Å². The number of aliphatic imine (C=N–C) groups is 1. The summed E-state index contributed by atoms with van der Waals surface area (Å²) in [5, 5.41) is 3.20. The summed E-state index contributed by atoms with van der Waals surface area (Å²) >= 11 is 0. The highest BCUT2D eigenvalue weighted by Crippen LogP contribution is 2.29. The van der Waals surface area contributed by atoms with Crippen LogP contribution in [0.5, 0.6) is 0 Å². The number of nitrogens with one attached hydrogen (secondary N) is 1. The summed E-state index contributed by atoms with van der Waals surface area (Å²) in [6.45, 7) is 23.9. The number of rotatable bonds is 13. The van der Waals surface area contributed by atoms with Crippen molar-refractivity contribution < 1.29 is 0 Å². The van der Waals surface area contributed by atoms with Crippen LogP contribution in [-0.2, 0) is 0 Å². The van der Waals surface area contributed by atoms with E-state index in [4.69, 9.17) is 4.99 Å². The van der Waals surface area contributed by atoms with Crippen molar-refractivity contribution in [2.75, 3.05) is 13.6 Å². The van der Waals surface area contributed by atoms with Crippen LogP contribution in [0.15, 0.2) is 90.5 Å². The largest absolute Gasteiger partial charge is 0.316 e. The fourth-order valence-corrected chi connectivity index (χ4v) is 3.29. The number of hydrogen-bond acceptors (Lipinski definition) is 2. The van der Waals surface area contributed by atoms with Crippen molar-refractivity contribution in [1.82, 2.24) is 5.32 Å². The summed E-state index contributed by atoms with van der Waals surface area (Å²) in [7, 11) is 1.94. The van der Waals surface area contributed by atoms with Gasteiger partial charge in [-0.25, -0.2) is 0 Å². The maximum absolute atomic E-state index is 4.88. The zero-order chi connectivity index (χ0) is 21.8. The van der Waals surface area contributed by atoms with Crippen molar-refractivity contribution in [2.24, 2.45) is 16.8 Å². The van der Waals surface area contributed by atoms with E-state index in [2.05, 4.69) is 82.7 Å². The Kier molecular flexibility index (Phi) is 10.9. The first-order chi connectivity index (χ1) is 13.8. The first-order valence-electron chi connectivity index (χ1n) is 10.4. The quantitative estimate of drug-likeness (QED) is 0.227. The van der Waals surface area contributed by atoms with Crippen molar-refractivity contribution in [2.45, 2.75) is 39.7 Å². The van der Waals surface area contributed by atoms with Gasteiger partial charge < -0.3 is 5.32 Å². The summed E-state index contributed by atoms with van der Waals surface area (Å²) in [6.07, 6.45) is 7.83. The van der Waals surface area contributed by atoms with Gasteiger partial charge in [-0.2, -0.15) is 0 Å². The molecule has 1 aromatic rings. The third-order valence-electron chi connectivity index (χ3n) is 4.91. The second-order valence-corrected chi connectivity index (χ2v) is 7.95. The van der Waals surface area contributed by atoms with Gasteiger partial charge >= 0.3 is 0 Å². The molecule has 0 saturated heterocycles. The molecule has 0 radical (unpaired) electrons. The van der Waals surface area contributed by atoms with E-state index in [0.29, 0.717) is 5.92 Å². The smallest absolute Gasteiger partial charge is 0.0783 e. The molecule has 2 atom stereocenters. The van der Waals surface area contributed by atoms with Crippen molar-refractivity contribution in [3.8, 4) is 0 Å².